The Balaban J connectivity index is 1.57. The number of H-pyrrole nitrogens is 1. The predicted octanol–water partition coefficient (Wildman–Crippen LogP) is 3.67. The third-order valence-electron chi connectivity index (χ3n) is 2.82. The lowest BCUT2D eigenvalue weighted by atomic mass is 10.2. The number of hydrogen-bond donors (Lipinski definition) is 1. The van der Waals surface area contributed by atoms with E-state index in [9.17, 15) is 0 Å². The minimum Gasteiger partial charge on any atom is -0.264 e. The molecule has 104 valence electrons. The van der Waals surface area contributed by atoms with Crippen molar-refractivity contribution in [1.82, 2.24) is 20.2 Å². The number of benzene rings is 1. The highest BCUT2D eigenvalue weighted by molar-refractivity contribution is 7.99. The van der Waals surface area contributed by atoms with E-state index in [2.05, 4.69) is 44.5 Å². The van der Waals surface area contributed by atoms with Crippen LogP contribution in [-0.4, -0.2) is 25.9 Å². The number of hydrogen-bond acceptors (Lipinski definition) is 4. The maximum absolute atomic E-state index is 4.45. The summed E-state index contributed by atoms with van der Waals surface area (Å²) in [5.74, 6) is 1.58. The van der Waals surface area contributed by atoms with Gasteiger partial charge in [-0.05, 0) is 17.7 Å². The molecule has 2 heterocycles. The molecule has 0 bridgehead atoms. The minimum absolute atomic E-state index is 0.742. The van der Waals surface area contributed by atoms with E-state index < -0.39 is 0 Å². The van der Waals surface area contributed by atoms with Crippen LogP contribution in [0.5, 0.6) is 0 Å². The van der Waals surface area contributed by atoms with Crippen LogP contribution in [0.15, 0.2) is 66.1 Å². The Morgan fingerprint density at radius 2 is 2.00 bits per heavy atom. The standard InChI is InChI=1S/C16H14N4S/c1-2-6-13(7-3-1)8-5-11-21-16-18-15(19-20-16)14-9-4-10-17-12-14/h1-10,12H,11H2,(H,18,19,20)/b8-5-. The Bertz CT molecular complexity index is 707. The highest BCUT2D eigenvalue weighted by atomic mass is 32.2. The third-order valence-corrected chi connectivity index (χ3v) is 3.62. The van der Waals surface area contributed by atoms with Gasteiger partial charge in [0.05, 0.1) is 0 Å². The molecule has 0 amide bonds. The molecular formula is C16H14N4S. The Morgan fingerprint density at radius 1 is 1.10 bits per heavy atom. The van der Waals surface area contributed by atoms with Gasteiger partial charge in [-0.25, -0.2) is 4.98 Å². The van der Waals surface area contributed by atoms with Gasteiger partial charge in [-0.15, -0.1) is 5.10 Å². The van der Waals surface area contributed by atoms with E-state index in [4.69, 9.17) is 0 Å². The van der Waals surface area contributed by atoms with Crippen molar-refractivity contribution in [3.8, 4) is 11.4 Å². The van der Waals surface area contributed by atoms with Crippen molar-refractivity contribution in [3.05, 3.63) is 66.5 Å². The number of nitrogens with one attached hydrogen (secondary N) is 1. The molecule has 5 heteroatoms. The van der Waals surface area contributed by atoms with Crippen LogP contribution in [0.25, 0.3) is 17.5 Å². The van der Waals surface area contributed by atoms with Crippen molar-refractivity contribution in [2.45, 2.75) is 5.16 Å². The van der Waals surface area contributed by atoms with E-state index in [0.717, 1.165) is 22.3 Å². The molecule has 1 aromatic carbocycles. The Hall–Kier alpha value is -2.40. The van der Waals surface area contributed by atoms with Crippen LogP contribution in [0.4, 0.5) is 0 Å². The molecule has 21 heavy (non-hydrogen) atoms. The van der Waals surface area contributed by atoms with Gasteiger partial charge in [0.2, 0.25) is 5.16 Å². The van der Waals surface area contributed by atoms with E-state index in [1.54, 1.807) is 24.2 Å². The summed E-state index contributed by atoms with van der Waals surface area (Å²) in [7, 11) is 0. The van der Waals surface area contributed by atoms with Crippen LogP contribution in [0, 0.1) is 0 Å². The number of aromatic amines is 1. The molecule has 0 saturated carbocycles. The summed E-state index contributed by atoms with van der Waals surface area (Å²) >= 11 is 1.59. The molecule has 1 N–H and O–H groups in total. The molecule has 0 unspecified atom stereocenters. The van der Waals surface area contributed by atoms with Crippen molar-refractivity contribution < 1.29 is 0 Å². The first-order valence-electron chi connectivity index (χ1n) is 6.59. The van der Waals surface area contributed by atoms with Gasteiger partial charge in [-0.2, -0.15) is 0 Å². The Kier molecular flexibility index (Phi) is 4.43. The van der Waals surface area contributed by atoms with Crippen molar-refractivity contribution in [1.29, 1.82) is 0 Å². The number of nitrogens with zero attached hydrogens (tertiary/aromatic N) is 3. The normalized spacial score (nSPS) is 11.0. The van der Waals surface area contributed by atoms with Crippen molar-refractivity contribution in [2.75, 3.05) is 5.75 Å². The molecule has 0 radical (unpaired) electrons. The minimum atomic E-state index is 0.742. The van der Waals surface area contributed by atoms with Gasteiger partial charge in [0.25, 0.3) is 0 Å². The van der Waals surface area contributed by atoms with E-state index in [1.807, 2.05) is 30.3 Å². The van der Waals surface area contributed by atoms with Crippen LogP contribution >= 0.6 is 11.8 Å². The first-order valence-corrected chi connectivity index (χ1v) is 7.57. The Labute approximate surface area is 127 Å². The maximum atomic E-state index is 4.45. The molecule has 0 aliphatic rings. The van der Waals surface area contributed by atoms with Gasteiger partial charge < -0.3 is 0 Å². The first kappa shape index (κ1) is 13.6. The lowest BCUT2D eigenvalue weighted by Gasteiger charge is -1.93. The van der Waals surface area contributed by atoms with E-state index in [0.29, 0.717) is 0 Å². The lowest BCUT2D eigenvalue weighted by molar-refractivity contribution is 0.975. The monoisotopic (exact) mass is 294 g/mol. The number of pyridine rings is 1. The van der Waals surface area contributed by atoms with Crippen LogP contribution < -0.4 is 0 Å². The van der Waals surface area contributed by atoms with Crippen molar-refractivity contribution in [3.63, 3.8) is 0 Å². The van der Waals surface area contributed by atoms with E-state index in [1.165, 1.54) is 5.56 Å². The number of thioether (sulfide) groups is 1. The van der Waals surface area contributed by atoms with Gasteiger partial charge in [-0.1, -0.05) is 54.2 Å². The molecule has 2 aromatic heterocycles. The smallest absolute Gasteiger partial charge is 0.209 e. The Morgan fingerprint density at radius 3 is 2.81 bits per heavy atom. The predicted molar refractivity (Wildman–Crippen MR) is 85.8 cm³/mol. The summed E-state index contributed by atoms with van der Waals surface area (Å²) in [5, 5.41) is 7.88. The van der Waals surface area contributed by atoms with Crippen molar-refractivity contribution in [2.24, 2.45) is 0 Å². The molecule has 0 saturated heterocycles. The average molecular weight is 294 g/mol. The summed E-state index contributed by atoms with van der Waals surface area (Å²) in [6.07, 6.45) is 7.72. The molecule has 0 atom stereocenters. The number of aromatic nitrogens is 4. The summed E-state index contributed by atoms with van der Waals surface area (Å²) < 4.78 is 0. The summed E-state index contributed by atoms with van der Waals surface area (Å²) in [6.45, 7) is 0. The molecular weight excluding hydrogens is 280 g/mol. The lowest BCUT2D eigenvalue weighted by Crippen LogP contribution is -1.81. The van der Waals surface area contributed by atoms with Crippen molar-refractivity contribution >= 4 is 17.8 Å². The fraction of sp³-hybridized carbons (Fsp3) is 0.0625. The first-order chi connectivity index (χ1) is 10.4. The highest BCUT2D eigenvalue weighted by Crippen LogP contribution is 2.18. The number of rotatable bonds is 5. The van der Waals surface area contributed by atoms with Gasteiger partial charge in [0.1, 0.15) is 0 Å². The second kappa shape index (κ2) is 6.85. The highest BCUT2D eigenvalue weighted by Gasteiger charge is 2.04. The molecule has 0 spiro atoms. The molecule has 0 aliphatic heterocycles. The molecule has 0 aliphatic carbocycles. The van der Waals surface area contributed by atoms with Gasteiger partial charge >= 0.3 is 0 Å². The van der Waals surface area contributed by atoms with Crippen LogP contribution in [0.1, 0.15) is 5.56 Å². The van der Waals surface area contributed by atoms with E-state index >= 15 is 0 Å². The zero-order valence-corrected chi connectivity index (χ0v) is 12.1. The fourth-order valence-electron chi connectivity index (χ4n) is 1.81. The van der Waals surface area contributed by atoms with Crippen LogP contribution in [-0.2, 0) is 0 Å². The molecule has 0 fully saturated rings. The third kappa shape index (κ3) is 3.79. The molecule has 4 nitrogen and oxygen atoms in total. The summed E-state index contributed by atoms with van der Waals surface area (Å²) in [6, 6.07) is 14.1. The van der Waals surface area contributed by atoms with Gasteiger partial charge in [-0.3, -0.25) is 10.1 Å². The van der Waals surface area contributed by atoms with Gasteiger partial charge in [0.15, 0.2) is 5.82 Å². The fourth-order valence-corrected chi connectivity index (χ4v) is 2.42. The van der Waals surface area contributed by atoms with E-state index in [-0.39, 0.29) is 0 Å². The molecule has 3 aromatic rings. The zero-order valence-electron chi connectivity index (χ0n) is 11.3. The summed E-state index contributed by atoms with van der Waals surface area (Å²) in [5.41, 5.74) is 2.14. The second-order valence-electron chi connectivity index (χ2n) is 4.33. The van der Waals surface area contributed by atoms with Gasteiger partial charge in [0, 0.05) is 23.7 Å². The SMILES string of the molecule is C(=C/c1ccccc1)/CSc1n[nH]c(-c2cccnc2)n1. The molecule has 3 rings (SSSR count). The largest absolute Gasteiger partial charge is 0.264 e. The summed E-state index contributed by atoms with van der Waals surface area (Å²) in [4.78, 5) is 8.52. The average Bonchev–Trinajstić information content (AvgIpc) is 3.02. The zero-order chi connectivity index (χ0) is 14.3. The second-order valence-corrected chi connectivity index (χ2v) is 5.32. The van der Waals surface area contributed by atoms with Crippen LogP contribution in [0.2, 0.25) is 0 Å². The topological polar surface area (TPSA) is 54.5 Å². The maximum Gasteiger partial charge on any atom is 0.209 e. The quantitative estimate of drug-likeness (QED) is 0.729. The van der Waals surface area contributed by atoms with Crippen LogP contribution in [0.3, 0.4) is 0 Å².